The molecule has 2 unspecified atom stereocenters. The van der Waals surface area contributed by atoms with E-state index in [9.17, 15) is 19.5 Å². The maximum Gasteiger partial charge on any atom is 0.331 e. The number of imide groups is 1. The molecule has 8 nitrogen and oxygen atoms in total. The molecule has 0 aromatic heterocycles. The van der Waals surface area contributed by atoms with Gasteiger partial charge in [0.15, 0.2) is 17.4 Å². The van der Waals surface area contributed by atoms with Crippen LogP contribution >= 0.6 is 11.6 Å². The Balaban J connectivity index is 1.77. The SMILES string of the molecule is COc1ccc(N2CC(C(=O)O)C(=O)N(C3CCc4c(Cl)cccc43)C2=O)cc1OC. The van der Waals surface area contributed by atoms with Crippen LogP contribution in [0.4, 0.5) is 10.5 Å². The summed E-state index contributed by atoms with van der Waals surface area (Å²) in [7, 11) is 2.96. The molecule has 2 aromatic carbocycles. The minimum atomic E-state index is -1.38. The molecule has 1 fully saturated rings. The first-order valence-corrected chi connectivity index (χ1v) is 10.1. The summed E-state index contributed by atoms with van der Waals surface area (Å²) in [5.74, 6) is -2.52. The summed E-state index contributed by atoms with van der Waals surface area (Å²) in [5, 5.41) is 10.3. The zero-order valence-electron chi connectivity index (χ0n) is 17.0. The summed E-state index contributed by atoms with van der Waals surface area (Å²) >= 11 is 6.29. The van der Waals surface area contributed by atoms with Crippen LogP contribution in [-0.4, -0.2) is 48.7 Å². The van der Waals surface area contributed by atoms with Crippen molar-refractivity contribution in [2.24, 2.45) is 5.92 Å². The molecule has 1 aliphatic carbocycles. The number of carbonyl (C=O) groups is 3. The fourth-order valence-electron chi connectivity index (χ4n) is 4.27. The molecule has 2 aromatic rings. The van der Waals surface area contributed by atoms with Crippen LogP contribution in [0.5, 0.6) is 11.5 Å². The Kier molecular flexibility index (Phi) is 5.49. The molecular formula is C22H21ClN2O6. The van der Waals surface area contributed by atoms with E-state index in [0.29, 0.717) is 35.1 Å². The van der Waals surface area contributed by atoms with Crippen molar-refractivity contribution >= 4 is 35.2 Å². The van der Waals surface area contributed by atoms with E-state index < -0.39 is 29.9 Å². The van der Waals surface area contributed by atoms with Crippen LogP contribution in [0.15, 0.2) is 36.4 Å². The number of amides is 3. The lowest BCUT2D eigenvalue weighted by atomic mass is 10.00. The second-order valence-corrected chi connectivity index (χ2v) is 7.80. The van der Waals surface area contributed by atoms with Gasteiger partial charge in [-0.3, -0.25) is 19.4 Å². The highest BCUT2D eigenvalue weighted by Gasteiger charge is 2.48. The quantitative estimate of drug-likeness (QED) is 0.709. The maximum absolute atomic E-state index is 13.5. The average Bonchev–Trinajstić information content (AvgIpc) is 3.18. The van der Waals surface area contributed by atoms with E-state index in [4.69, 9.17) is 21.1 Å². The largest absolute Gasteiger partial charge is 0.493 e. The summed E-state index contributed by atoms with van der Waals surface area (Å²) in [6.45, 7) is -0.270. The molecule has 2 atom stereocenters. The first kappa shape index (κ1) is 21.0. The second kappa shape index (κ2) is 8.11. The van der Waals surface area contributed by atoms with E-state index in [1.807, 2.05) is 6.07 Å². The smallest absolute Gasteiger partial charge is 0.331 e. The molecule has 0 saturated carbocycles. The molecule has 0 spiro atoms. The fraction of sp³-hybridized carbons (Fsp3) is 0.318. The lowest BCUT2D eigenvalue weighted by Gasteiger charge is -2.40. The molecule has 1 heterocycles. The molecule has 162 valence electrons. The predicted octanol–water partition coefficient (Wildman–Crippen LogP) is 3.51. The standard InChI is InChI=1S/C22H21ClN2O6/c1-30-18-9-6-12(10-19(18)31-2)24-11-15(21(27)28)20(26)25(22(24)29)17-8-7-13-14(17)4-3-5-16(13)23/h3-6,9-10,15,17H,7-8,11H2,1-2H3,(H,27,28). The Bertz CT molecular complexity index is 1070. The number of urea groups is 1. The molecule has 31 heavy (non-hydrogen) atoms. The third-order valence-corrected chi connectivity index (χ3v) is 6.16. The van der Waals surface area contributed by atoms with Gasteiger partial charge in [-0.05, 0) is 42.2 Å². The minimum absolute atomic E-state index is 0.270. The highest BCUT2D eigenvalue weighted by molar-refractivity contribution is 6.31. The summed E-state index contributed by atoms with van der Waals surface area (Å²) in [6, 6.07) is 9.05. The van der Waals surface area contributed by atoms with E-state index in [1.54, 1.807) is 30.3 Å². The Labute approximate surface area is 183 Å². The van der Waals surface area contributed by atoms with E-state index in [0.717, 1.165) is 16.0 Å². The number of rotatable bonds is 5. The van der Waals surface area contributed by atoms with Gasteiger partial charge in [0.1, 0.15) is 0 Å². The maximum atomic E-state index is 13.5. The zero-order chi connectivity index (χ0) is 22.3. The van der Waals surface area contributed by atoms with Crippen molar-refractivity contribution in [1.29, 1.82) is 0 Å². The number of nitrogens with zero attached hydrogens (tertiary/aromatic N) is 2. The number of halogens is 1. The van der Waals surface area contributed by atoms with Crippen molar-refractivity contribution in [1.82, 2.24) is 4.90 Å². The van der Waals surface area contributed by atoms with E-state index in [-0.39, 0.29) is 6.54 Å². The number of benzene rings is 2. The summed E-state index contributed by atoms with van der Waals surface area (Å²) < 4.78 is 10.5. The van der Waals surface area contributed by atoms with E-state index in [1.165, 1.54) is 19.1 Å². The molecule has 0 bridgehead atoms. The molecule has 1 N–H and O–H groups in total. The molecule has 4 rings (SSSR count). The number of aliphatic carboxylic acids is 1. The minimum Gasteiger partial charge on any atom is -0.493 e. The zero-order valence-corrected chi connectivity index (χ0v) is 17.8. The van der Waals surface area contributed by atoms with Crippen LogP contribution in [0.1, 0.15) is 23.6 Å². The summed E-state index contributed by atoms with van der Waals surface area (Å²) in [5.41, 5.74) is 2.06. The van der Waals surface area contributed by atoms with Gasteiger partial charge >= 0.3 is 12.0 Å². The monoisotopic (exact) mass is 444 g/mol. The third kappa shape index (κ3) is 3.46. The van der Waals surface area contributed by atoms with Crippen LogP contribution in [0.25, 0.3) is 0 Å². The van der Waals surface area contributed by atoms with Crippen LogP contribution in [-0.2, 0) is 16.0 Å². The lowest BCUT2D eigenvalue weighted by molar-refractivity contribution is -0.151. The number of anilines is 1. The normalized spacial score (nSPS) is 20.6. The Morgan fingerprint density at radius 2 is 1.87 bits per heavy atom. The van der Waals surface area contributed by atoms with Crippen molar-refractivity contribution in [3.63, 3.8) is 0 Å². The number of hydrogen-bond acceptors (Lipinski definition) is 5. The molecule has 1 aliphatic heterocycles. The van der Waals surface area contributed by atoms with Crippen molar-refractivity contribution in [2.75, 3.05) is 25.7 Å². The van der Waals surface area contributed by atoms with Crippen molar-refractivity contribution < 1.29 is 29.0 Å². The van der Waals surface area contributed by atoms with Gasteiger partial charge in [-0.1, -0.05) is 23.7 Å². The average molecular weight is 445 g/mol. The molecule has 2 aliphatic rings. The lowest BCUT2D eigenvalue weighted by Crippen LogP contribution is -2.59. The molecule has 1 saturated heterocycles. The molecule has 9 heteroatoms. The van der Waals surface area contributed by atoms with Crippen molar-refractivity contribution in [3.05, 3.63) is 52.5 Å². The number of carbonyl (C=O) groups excluding carboxylic acids is 2. The van der Waals surface area contributed by atoms with Gasteiger partial charge in [0.25, 0.3) is 0 Å². The summed E-state index contributed by atoms with van der Waals surface area (Å²) in [4.78, 5) is 40.8. The Morgan fingerprint density at radius 3 is 2.55 bits per heavy atom. The van der Waals surface area contributed by atoms with E-state index >= 15 is 0 Å². The number of carboxylic acid groups (broad SMARTS) is 1. The van der Waals surface area contributed by atoms with Crippen LogP contribution in [0, 0.1) is 5.92 Å². The van der Waals surface area contributed by atoms with E-state index in [2.05, 4.69) is 0 Å². The Morgan fingerprint density at radius 1 is 1.13 bits per heavy atom. The van der Waals surface area contributed by atoms with Crippen LogP contribution in [0.2, 0.25) is 5.02 Å². The number of methoxy groups -OCH3 is 2. The third-order valence-electron chi connectivity index (χ3n) is 5.81. The van der Waals surface area contributed by atoms with Crippen molar-refractivity contribution in [2.45, 2.75) is 18.9 Å². The highest BCUT2D eigenvalue weighted by atomic mass is 35.5. The first-order chi connectivity index (χ1) is 14.9. The van der Waals surface area contributed by atoms with Gasteiger partial charge in [0.05, 0.1) is 26.8 Å². The van der Waals surface area contributed by atoms with Crippen LogP contribution in [0.3, 0.4) is 0 Å². The topological polar surface area (TPSA) is 96.4 Å². The van der Waals surface area contributed by atoms with Gasteiger partial charge < -0.3 is 14.6 Å². The van der Waals surface area contributed by atoms with Gasteiger partial charge in [-0.25, -0.2) is 4.79 Å². The predicted molar refractivity (Wildman–Crippen MR) is 113 cm³/mol. The molecular weight excluding hydrogens is 424 g/mol. The first-order valence-electron chi connectivity index (χ1n) is 9.74. The van der Waals surface area contributed by atoms with Gasteiger partial charge in [0.2, 0.25) is 5.91 Å². The van der Waals surface area contributed by atoms with Crippen molar-refractivity contribution in [3.8, 4) is 11.5 Å². The van der Waals surface area contributed by atoms with Gasteiger partial charge in [-0.2, -0.15) is 0 Å². The van der Waals surface area contributed by atoms with Gasteiger partial charge in [0, 0.05) is 16.8 Å². The molecule has 3 amide bonds. The number of fused-ring (bicyclic) bond motifs is 1. The van der Waals surface area contributed by atoms with Crippen LogP contribution < -0.4 is 14.4 Å². The highest BCUT2D eigenvalue weighted by Crippen LogP contribution is 2.42. The number of ether oxygens (including phenoxy) is 2. The Hall–Kier alpha value is -3.26. The number of hydrogen-bond donors (Lipinski definition) is 1. The summed E-state index contributed by atoms with van der Waals surface area (Å²) in [6.07, 6.45) is 1.09. The molecule has 0 radical (unpaired) electrons. The van der Waals surface area contributed by atoms with Gasteiger partial charge in [-0.15, -0.1) is 0 Å². The fourth-order valence-corrected chi connectivity index (χ4v) is 4.54. The second-order valence-electron chi connectivity index (χ2n) is 7.39. The number of carboxylic acids is 1.